The molecule has 5 rings (SSSR count). The van der Waals surface area contributed by atoms with Crippen molar-refractivity contribution in [1.29, 1.82) is 0 Å². The van der Waals surface area contributed by atoms with Crippen molar-refractivity contribution >= 4 is 16.6 Å². The van der Waals surface area contributed by atoms with Gasteiger partial charge in [0.1, 0.15) is 5.82 Å². The minimum Gasteiger partial charge on any atom is -0.491 e. The van der Waals surface area contributed by atoms with Gasteiger partial charge in [-0.2, -0.15) is 0 Å². The molecule has 1 saturated heterocycles. The number of rotatable bonds is 5. The average molecular weight is 489 g/mol. The first-order valence-electron chi connectivity index (χ1n) is 11.3. The quantitative estimate of drug-likeness (QED) is 0.408. The number of ether oxygens (including phenoxy) is 1. The molecule has 4 aromatic rings. The van der Waals surface area contributed by atoms with E-state index in [-0.39, 0.29) is 29.4 Å². The van der Waals surface area contributed by atoms with Crippen molar-refractivity contribution < 1.29 is 18.6 Å². The fourth-order valence-electron chi connectivity index (χ4n) is 4.51. The summed E-state index contributed by atoms with van der Waals surface area (Å²) in [7, 11) is 1.16. The van der Waals surface area contributed by atoms with Crippen molar-refractivity contribution in [3.05, 3.63) is 87.5 Å². The van der Waals surface area contributed by atoms with E-state index in [1.54, 1.807) is 24.4 Å². The molecule has 0 bridgehead atoms. The van der Waals surface area contributed by atoms with Gasteiger partial charge in [-0.15, -0.1) is 0 Å². The molecule has 36 heavy (non-hydrogen) atoms. The standard InChI is InChI=1S/C26H21F2N5O3/c1-29-16-8-18(14-5-6-15(13-34)31-12-14)23-19(9-16)26(35)33(25(32-23)22-4-3-7-30-22)17-10-20(27)24(36-2)21(28)11-17/h5-6,8-12,22,30,34H,3-4,7,13H2,2H3. The van der Waals surface area contributed by atoms with E-state index in [2.05, 4.69) is 15.1 Å². The van der Waals surface area contributed by atoms with Crippen molar-refractivity contribution in [2.45, 2.75) is 25.5 Å². The first-order valence-corrected chi connectivity index (χ1v) is 11.3. The Hall–Kier alpha value is -4.20. The van der Waals surface area contributed by atoms with Crippen LogP contribution in [0.5, 0.6) is 5.75 Å². The number of fused-ring (bicyclic) bond motifs is 1. The summed E-state index contributed by atoms with van der Waals surface area (Å²) in [6.45, 7) is 8.02. The van der Waals surface area contributed by atoms with Gasteiger partial charge in [0, 0.05) is 23.9 Å². The molecular formula is C26H21F2N5O3. The number of nitrogens with one attached hydrogen (secondary N) is 1. The molecule has 0 spiro atoms. The molecule has 2 aromatic carbocycles. The molecule has 10 heteroatoms. The molecule has 3 heterocycles. The normalized spacial score (nSPS) is 15.2. The molecule has 8 nitrogen and oxygen atoms in total. The number of hydrogen-bond acceptors (Lipinski definition) is 6. The van der Waals surface area contributed by atoms with Crippen LogP contribution in [-0.2, 0) is 6.61 Å². The minimum atomic E-state index is -0.949. The van der Waals surface area contributed by atoms with E-state index in [0.717, 1.165) is 25.7 Å². The predicted molar refractivity (Wildman–Crippen MR) is 129 cm³/mol. The summed E-state index contributed by atoms with van der Waals surface area (Å²) >= 11 is 0. The molecule has 1 atom stereocenters. The number of nitrogens with zero attached hydrogens (tertiary/aromatic N) is 4. The Bertz CT molecular complexity index is 1550. The van der Waals surface area contributed by atoms with Crippen LogP contribution in [0.4, 0.5) is 14.5 Å². The lowest BCUT2D eigenvalue weighted by atomic mass is 10.0. The third-order valence-corrected chi connectivity index (χ3v) is 6.23. The average Bonchev–Trinajstić information content (AvgIpc) is 3.43. The van der Waals surface area contributed by atoms with Gasteiger partial charge < -0.3 is 15.2 Å². The zero-order valence-electron chi connectivity index (χ0n) is 19.3. The summed E-state index contributed by atoms with van der Waals surface area (Å²) in [5.74, 6) is -2.13. The highest BCUT2D eigenvalue weighted by Crippen LogP contribution is 2.34. The highest BCUT2D eigenvalue weighted by atomic mass is 19.1. The lowest BCUT2D eigenvalue weighted by Gasteiger charge is -2.20. The Kier molecular flexibility index (Phi) is 6.18. The number of halogens is 2. The van der Waals surface area contributed by atoms with Gasteiger partial charge in [0.15, 0.2) is 23.1 Å². The van der Waals surface area contributed by atoms with E-state index < -0.39 is 22.9 Å². The summed E-state index contributed by atoms with van der Waals surface area (Å²) in [5, 5.41) is 12.8. The molecule has 0 aliphatic carbocycles. The van der Waals surface area contributed by atoms with Crippen LogP contribution in [0.1, 0.15) is 30.4 Å². The zero-order chi connectivity index (χ0) is 25.4. The van der Waals surface area contributed by atoms with Crippen LogP contribution in [0.25, 0.3) is 32.6 Å². The lowest BCUT2D eigenvalue weighted by molar-refractivity contribution is 0.277. The van der Waals surface area contributed by atoms with Crippen LogP contribution in [0.2, 0.25) is 0 Å². The molecule has 1 fully saturated rings. The fourth-order valence-corrected chi connectivity index (χ4v) is 4.51. The molecule has 2 N–H and O–H groups in total. The van der Waals surface area contributed by atoms with Crippen LogP contribution in [0.3, 0.4) is 0 Å². The first kappa shape index (κ1) is 23.5. The van der Waals surface area contributed by atoms with E-state index in [4.69, 9.17) is 16.3 Å². The summed E-state index contributed by atoms with van der Waals surface area (Å²) in [6.07, 6.45) is 3.07. The number of hydrogen-bond donors (Lipinski definition) is 2. The van der Waals surface area contributed by atoms with Crippen molar-refractivity contribution in [2.24, 2.45) is 0 Å². The Morgan fingerprint density at radius 2 is 2.03 bits per heavy atom. The van der Waals surface area contributed by atoms with Gasteiger partial charge in [-0.1, -0.05) is 6.07 Å². The number of pyridine rings is 1. The van der Waals surface area contributed by atoms with Gasteiger partial charge in [-0.05, 0) is 43.1 Å². The van der Waals surface area contributed by atoms with Gasteiger partial charge in [0.2, 0.25) is 0 Å². The molecule has 1 aliphatic heterocycles. The Balaban J connectivity index is 1.85. The summed E-state index contributed by atoms with van der Waals surface area (Å²) < 4.78 is 35.3. The van der Waals surface area contributed by atoms with E-state index >= 15 is 0 Å². The second kappa shape index (κ2) is 9.45. The van der Waals surface area contributed by atoms with Crippen LogP contribution in [0.15, 0.2) is 47.4 Å². The number of aliphatic hydroxyl groups excluding tert-OH is 1. The van der Waals surface area contributed by atoms with Crippen LogP contribution in [-0.4, -0.2) is 33.3 Å². The second-order valence-electron chi connectivity index (χ2n) is 8.40. The largest absolute Gasteiger partial charge is 0.491 e. The van der Waals surface area contributed by atoms with E-state index in [0.29, 0.717) is 41.1 Å². The molecule has 0 radical (unpaired) electrons. The molecular weight excluding hydrogens is 468 g/mol. The van der Waals surface area contributed by atoms with Gasteiger partial charge in [-0.25, -0.2) is 18.6 Å². The maximum absolute atomic E-state index is 14.6. The number of aromatic nitrogens is 3. The summed E-state index contributed by atoms with van der Waals surface area (Å²) in [5.41, 5.74) is 1.56. The first-order chi connectivity index (χ1) is 17.4. The van der Waals surface area contributed by atoms with Crippen LogP contribution < -0.4 is 15.6 Å². The maximum Gasteiger partial charge on any atom is 0.264 e. The van der Waals surface area contributed by atoms with Crippen molar-refractivity contribution in [3.8, 4) is 22.6 Å². The molecule has 2 aromatic heterocycles. The van der Waals surface area contributed by atoms with E-state index in [9.17, 15) is 18.7 Å². The summed E-state index contributed by atoms with van der Waals surface area (Å²) in [6, 6.07) is 8.18. The Morgan fingerprint density at radius 3 is 2.61 bits per heavy atom. The molecule has 0 amide bonds. The molecule has 1 aliphatic rings. The van der Waals surface area contributed by atoms with Crippen molar-refractivity contribution in [3.63, 3.8) is 0 Å². The zero-order valence-corrected chi connectivity index (χ0v) is 19.3. The van der Waals surface area contributed by atoms with Gasteiger partial charge in [0.05, 0.1) is 48.6 Å². The minimum absolute atomic E-state index is 0.0300. The lowest BCUT2D eigenvalue weighted by Crippen LogP contribution is -2.29. The SMILES string of the molecule is [C-]#[N+]c1cc(-c2ccc(CO)nc2)c2nc(C3CCCN3)n(-c3cc(F)c(OC)c(F)c3)c(=O)c2c1. The van der Waals surface area contributed by atoms with Crippen LogP contribution >= 0.6 is 0 Å². The molecule has 1 unspecified atom stereocenters. The highest BCUT2D eigenvalue weighted by molar-refractivity contribution is 5.96. The highest BCUT2D eigenvalue weighted by Gasteiger charge is 2.26. The molecule has 0 saturated carbocycles. The van der Waals surface area contributed by atoms with Crippen molar-refractivity contribution in [1.82, 2.24) is 19.9 Å². The number of aliphatic hydroxyl groups is 1. The third-order valence-electron chi connectivity index (χ3n) is 6.23. The van der Waals surface area contributed by atoms with E-state index in [1.807, 2.05) is 0 Å². The third kappa shape index (κ3) is 3.98. The van der Waals surface area contributed by atoms with Crippen molar-refractivity contribution in [2.75, 3.05) is 13.7 Å². The van der Waals surface area contributed by atoms with Gasteiger partial charge in [0.25, 0.3) is 5.56 Å². The van der Waals surface area contributed by atoms with Gasteiger partial charge in [-0.3, -0.25) is 14.3 Å². The van der Waals surface area contributed by atoms with Gasteiger partial charge >= 0.3 is 0 Å². The fraction of sp³-hybridized carbons (Fsp3) is 0.231. The monoisotopic (exact) mass is 489 g/mol. The predicted octanol–water partition coefficient (Wildman–Crippen LogP) is 4.20. The maximum atomic E-state index is 14.6. The van der Waals surface area contributed by atoms with Crippen LogP contribution in [0, 0.1) is 18.2 Å². The Labute approximate surface area is 204 Å². The Morgan fingerprint density at radius 1 is 1.25 bits per heavy atom. The smallest absolute Gasteiger partial charge is 0.264 e. The second-order valence-corrected chi connectivity index (χ2v) is 8.40. The topological polar surface area (TPSA) is 93.6 Å². The number of benzene rings is 2. The van der Waals surface area contributed by atoms with E-state index in [1.165, 1.54) is 10.6 Å². The molecule has 182 valence electrons. The number of methoxy groups -OCH3 is 1. The summed E-state index contributed by atoms with van der Waals surface area (Å²) in [4.78, 5) is 26.5.